The molecule has 0 unspecified atom stereocenters. The molecule has 3 rings (SSSR count). The minimum atomic E-state index is -0.534. The minimum absolute atomic E-state index is 0.382. The third kappa shape index (κ3) is 7.35. The van der Waals surface area contributed by atoms with Gasteiger partial charge in [0.2, 0.25) is 0 Å². The fourth-order valence-corrected chi connectivity index (χ4v) is 4.76. The Bertz CT molecular complexity index is 688. The summed E-state index contributed by atoms with van der Waals surface area (Å²) in [5, 5.41) is 7.14. The Morgan fingerprint density at radius 2 is 1.63 bits per heavy atom. The van der Waals surface area contributed by atoms with E-state index in [1.165, 1.54) is 44.9 Å². The third-order valence-corrected chi connectivity index (χ3v) is 6.33. The Balaban J connectivity index is 1.56. The maximum absolute atomic E-state index is 12.2. The number of likely N-dealkylation sites (tertiary alicyclic amines) is 1. The number of anilines is 2. The summed E-state index contributed by atoms with van der Waals surface area (Å²) in [6.45, 7) is 7.85. The molecule has 0 bridgehead atoms. The van der Waals surface area contributed by atoms with Gasteiger partial charge in [0.05, 0.1) is 11.4 Å². The number of ether oxygens (including phenoxy) is 1. The van der Waals surface area contributed by atoms with Crippen molar-refractivity contribution in [2.24, 2.45) is 0 Å². The molecule has 0 radical (unpaired) electrons. The number of carbonyl (C=O) groups excluding carboxylic acids is 1. The topological polar surface area (TPSA) is 53.6 Å². The maximum Gasteiger partial charge on any atom is 0.412 e. The summed E-state index contributed by atoms with van der Waals surface area (Å²) in [7, 11) is 0. The van der Waals surface area contributed by atoms with Gasteiger partial charge in [0.15, 0.2) is 0 Å². The van der Waals surface area contributed by atoms with E-state index >= 15 is 0 Å². The summed E-state index contributed by atoms with van der Waals surface area (Å²) in [4.78, 5) is 14.9. The SMILES string of the molecule is CC(C)(C)OC(=O)Nc1ccc(Cl)cc1NC1CCN(C2CCCCCCC2)CC1. The van der Waals surface area contributed by atoms with E-state index in [1.54, 1.807) is 6.07 Å². The van der Waals surface area contributed by atoms with Gasteiger partial charge in [-0.1, -0.05) is 43.7 Å². The molecule has 2 aliphatic rings. The molecule has 1 saturated carbocycles. The van der Waals surface area contributed by atoms with Crippen molar-refractivity contribution in [2.45, 2.75) is 96.2 Å². The number of nitrogens with zero attached hydrogens (tertiary/aromatic N) is 1. The van der Waals surface area contributed by atoms with Crippen LogP contribution >= 0.6 is 11.6 Å². The monoisotopic (exact) mass is 435 g/mol. The van der Waals surface area contributed by atoms with Gasteiger partial charge in [-0.15, -0.1) is 0 Å². The van der Waals surface area contributed by atoms with Gasteiger partial charge in [-0.05, 0) is 64.7 Å². The second-order valence-electron chi connectivity index (χ2n) is 9.77. The molecule has 30 heavy (non-hydrogen) atoms. The first-order valence-corrected chi connectivity index (χ1v) is 12.0. The molecule has 2 N–H and O–H groups in total. The van der Waals surface area contributed by atoms with Crippen LogP contribution < -0.4 is 10.6 Å². The van der Waals surface area contributed by atoms with Crippen LogP contribution in [0.25, 0.3) is 0 Å². The van der Waals surface area contributed by atoms with E-state index in [-0.39, 0.29) is 0 Å². The van der Waals surface area contributed by atoms with E-state index in [4.69, 9.17) is 16.3 Å². The van der Waals surface area contributed by atoms with Crippen LogP contribution in [0, 0.1) is 0 Å². The Morgan fingerprint density at radius 3 is 2.27 bits per heavy atom. The van der Waals surface area contributed by atoms with Gasteiger partial charge in [0.1, 0.15) is 5.60 Å². The van der Waals surface area contributed by atoms with Gasteiger partial charge in [0, 0.05) is 30.2 Å². The number of benzene rings is 1. The number of rotatable bonds is 4. The third-order valence-electron chi connectivity index (χ3n) is 6.10. The highest BCUT2D eigenvalue weighted by molar-refractivity contribution is 6.31. The van der Waals surface area contributed by atoms with Crippen LogP contribution in [-0.4, -0.2) is 41.8 Å². The van der Waals surface area contributed by atoms with Crippen molar-refractivity contribution in [1.82, 2.24) is 4.90 Å². The zero-order valence-corrected chi connectivity index (χ0v) is 19.6. The predicted octanol–water partition coefficient (Wildman–Crippen LogP) is 6.68. The van der Waals surface area contributed by atoms with Gasteiger partial charge < -0.3 is 15.0 Å². The zero-order valence-electron chi connectivity index (χ0n) is 18.8. The number of piperidine rings is 1. The molecule has 168 valence electrons. The number of amides is 1. The smallest absolute Gasteiger partial charge is 0.412 e. The second-order valence-corrected chi connectivity index (χ2v) is 10.2. The first-order chi connectivity index (χ1) is 14.3. The molecule has 1 aliphatic carbocycles. The van der Waals surface area contributed by atoms with E-state index < -0.39 is 11.7 Å². The number of nitrogens with one attached hydrogen (secondary N) is 2. The van der Waals surface area contributed by atoms with Crippen LogP contribution in [0.4, 0.5) is 16.2 Å². The Morgan fingerprint density at radius 1 is 1.00 bits per heavy atom. The quantitative estimate of drug-likeness (QED) is 0.554. The molecule has 0 aromatic heterocycles. The molecule has 1 heterocycles. The van der Waals surface area contributed by atoms with Crippen molar-refractivity contribution in [3.63, 3.8) is 0 Å². The maximum atomic E-state index is 12.2. The molecule has 1 aliphatic heterocycles. The summed E-state index contributed by atoms with van der Waals surface area (Å²) >= 11 is 6.24. The number of carbonyl (C=O) groups is 1. The van der Waals surface area contributed by atoms with E-state index in [0.29, 0.717) is 16.8 Å². The van der Waals surface area contributed by atoms with Gasteiger partial charge >= 0.3 is 6.09 Å². The molecule has 1 saturated heterocycles. The fourth-order valence-electron chi connectivity index (χ4n) is 4.59. The number of halogens is 1. The van der Waals surface area contributed by atoms with Crippen LogP contribution in [0.3, 0.4) is 0 Å². The summed E-state index contributed by atoms with van der Waals surface area (Å²) in [6.07, 6.45) is 11.4. The summed E-state index contributed by atoms with van der Waals surface area (Å²) < 4.78 is 5.40. The van der Waals surface area contributed by atoms with Crippen molar-refractivity contribution in [3.05, 3.63) is 23.2 Å². The van der Waals surface area contributed by atoms with Crippen molar-refractivity contribution in [1.29, 1.82) is 0 Å². The highest BCUT2D eigenvalue weighted by atomic mass is 35.5. The van der Waals surface area contributed by atoms with Gasteiger partial charge in [-0.2, -0.15) is 0 Å². The van der Waals surface area contributed by atoms with Gasteiger partial charge in [0.25, 0.3) is 0 Å². The molecule has 0 atom stereocenters. The number of hydrogen-bond donors (Lipinski definition) is 2. The lowest BCUT2D eigenvalue weighted by Crippen LogP contribution is -2.44. The number of hydrogen-bond acceptors (Lipinski definition) is 4. The zero-order chi connectivity index (χ0) is 21.6. The molecule has 6 heteroatoms. The van der Waals surface area contributed by atoms with Crippen LogP contribution in [0.2, 0.25) is 5.02 Å². The Labute approximate surface area is 186 Å². The standard InChI is InChI=1S/C24H38ClN3O2/c1-24(2,3)30-23(29)27-21-12-11-18(25)17-22(21)26-19-13-15-28(16-14-19)20-9-7-5-4-6-8-10-20/h11-12,17,19-20,26H,4-10,13-16H2,1-3H3,(H,27,29). The van der Waals surface area contributed by atoms with E-state index in [1.807, 2.05) is 32.9 Å². The summed E-state index contributed by atoms with van der Waals surface area (Å²) in [6, 6.07) is 6.65. The van der Waals surface area contributed by atoms with E-state index in [9.17, 15) is 4.79 Å². The average Bonchev–Trinajstić information content (AvgIpc) is 2.63. The normalized spacial score (nSPS) is 20.3. The molecule has 1 amide bonds. The minimum Gasteiger partial charge on any atom is -0.444 e. The lowest BCUT2D eigenvalue weighted by atomic mass is 9.93. The van der Waals surface area contributed by atoms with Gasteiger partial charge in [-0.25, -0.2) is 4.79 Å². The highest BCUT2D eigenvalue weighted by Crippen LogP contribution is 2.30. The molecule has 0 spiro atoms. The van der Waals surface area contributed by atoms with Crippen molar-refractivity contribution < 1.29 is 9.53 Å². The van der Waals surface area contributed by atoms with Gasteiger partial charge in [-0.3, -0.25) is 5.32 Å². The molecule has 1 aromatic rings. The second kappa shape index (κ2) is 10.7. The first-order valence-electron chi connectivity index (χ1n) is 11.6. The molecule has 5 nitrogen and oxygen atoms in total. The summed E-state index contributed by atoms with van der Waals surface area (Å²) in [5.74, 6) is 0. The first kappa shape index (κ1) is 23.2. The fraction of sp³-hybridized carbons (Fsp3) is 0.708. The molecular weight excluding hydrogens is 398 g/mol. The lowest BCUT2D eigenvalue weighted by Gasteiger charge is -2.39. The van der Waals surface area contributed by atoms with Crippen molar-refractivity contribution >= 4 is 29.1 Å². The van der Waals surface area contributed by atoms with Crippen LogP contribution in [-0.2, 0) is 4.74 Å². The Hall–Kier alpha value is -1.46. The molecular formula is C24H38ClN3O2. The van der Waals surface area contributed by atoms with Crippen LogP contribution in [0.15, 0.2) is 18.2 Å². The average molecular weight is 436 g/mol. The predicted molar refractivity (Wildman–Crippen MR) is 126 cm³/mol. The van der Waals surface area contributed by atoms with Crippen molar-refractivity contribution in [2.75, 3.05) is 23.7 Å². The largest absolute Gasteiger partial charge is 0.444 e. The van der Waals surface area contributed by atoms with Crippen LogP contribution in [0.5, 0.6) is 0 Å². The van der Waals surface area contributed by atoms with Crippen molar-refractivity contribution in [3.8, 4) is 0 Å². The summed E-state index contributed by atoms with van der Waals surface area (Å²) in [5.41, 5.74) is 1.03. The lowest BCUT2D eigenvalue weighted by molar-refractivity contribution is 0.0636. The van der Waals surface area contributed by atoms with Crippen LogP contribution in [0.1, 0.15) is 78.6 Å². The Kier molecular flexibility index (Phi) is 8.29. The molecule has 2 fully saturated rings. The highest BCUT2D eigenvalue weighted by Gasteiger charge is 2.26. The van der Waals surface area contributed by atoms with E-state index in [0.717, 1.165) is 37.7 Å². The van der Waals surface area contributed by atoms with E-state index in [2.05, 4.69) is 15.5 Å². The molecule has 1 aromatic carbocycles.